The van der Waals surface area contributed by atoms with E-state index in [1.807, 2.05) is 78.3 Å². The zero-order valence-electron chi connectivity index (χ0n) is 20.5. The first kappa shape index (κ1) is 23.3. The summed E-state index contributed by atoms with van der Waals surface area (Å²) in [7, 11) is 0. The summed E-state index contributed by atoms with van der Waals surface area (Å²) in [6.45, 7) is 5.43. The lowest BCUT2D eigenvalue weighted by atomic mass is 10.1. The van der Waals surface area contributed by atoms with E-state index < -0.39 is 6.10 Å². The largest absolute Gasteiger partial charge is 0.439 e. The summed E-state index contributed by atoms with van der Waals surface area (Å²) in [5.74, 6) is 1.54. The lowest BCUT2D eigenvalue weighted by Crippen LogP contribution is -2.35. The standard InChI is InChI=1S/C30H33N3O2/c1-22-10-9-15-28(18-22)35-30-29(23(2)31-33(30)26-13-7-4-8-14-26)21-32(25-16-17-25)20-27(34)19-24-11-5-3-6-12-24/h3-15,18,25,27,34H,16-17,19-21H2,1-2H3/t27-/m1/s1. The molecule has 35 heavy (non-hydrogen) atoms. The second kappa shape index (κ2) is 10.5. The minimum atomic E-state index is -0.427. The molecule has 4 aromatic rings. The van der Waals surface area contributed by atoms with Gasteiger partial charge in [-0.15, -0.1) is 0 Å². The highest BCUT2D eigenvalue weighted by Crippen LogP contribution is 2.35. The van der Waals surface area contributed by atoms with Crippen LogP contribution in [0.15, 0.2) is 84.9 Å². The molecule has 5 rings (SSSR count). The second-order valence-corrected chi connectivity index (χ2v) is 9.54. The summed E-state index contributed by atoms with van der Waals surface area (Å²) in [6, 6.07) is 28.9. The molecule has 1 aliphatic rings. The topological polar surface area (TPSA) is 50.5 Å². The van der Waals surface area contributed by atoms with Crippen LogP contribution in [-0.2, 0) is 13.0 Å². The number of nitrogens with zero attached hydrogens (tertiary/aromatic N) is 3. The van der Waals surface area contributed by atoms with Crippen LogP contribution in [0.3, 0.4) is 0 Å². The van der Waals surface area contributed by atoms with E-state index in [1.165, 1.54) is 0 Å². The molecule has 5 nitrogen and oxygen atoms in total. The van der Waals surface area contributed by atoms with Gasteiger partial charge in [0.25, 0.3) is 0 Å². The Morgan fingerprint density at radius 1 is 0.971 bits per heavy atom. The second-order valence-electron chi connectivity index (χ2n) is 9.54. The van der Waals surface area contributed by atoms with Crippen LogP contribution in [0.1, 0.15) is 35.2 Å². The Kier molecular flexibility index (Phi) is 6.98. The number of aliphatic hydroxyl groups excluding tert-OH is 1. The summed E-state index contributed by atoms with van der Waals surface area (Å²) >= 11 is 0. The number of para-hydroxylation sites is 1. The van der Waals surface area contributed by atoms with E-state index in [0.29, 0.717) is 25.6 Å². The van der Waals surface area contributed by atoms with Gasteiger partial charge in [0.1, 0.15) is 5.75 Å². The fraction of sp³-hybridized carbons (Fsp3) is 0.300. The SMILES string of the molecule is Cc1cccc(Oc2c(CN(C[C@H](O)Cc3ccccc3)C3CC3)c(C)nn2-c2ccccc2)c1. The molecular formula is C30H33N3O2. The van der Waals surface area contributed by atoms with Crippen molar-refractivity contribution in [2.45, 2.75) is 51.8 Å². The minimum absolute atomic E-state index is 0.427. The molecule has 1 aromatic heterocycles. The molecule has 180 valence electrons. The van der Waals surface area contributed by atoms with E-state index in [2.05, 4.69) is 30.0 Å². The predicted octanol–water partition coefficient (Wildman–Crippen LogP) is 5.85. The Morgan fingerprint density at radius 2 is 1.69 bits per heavy atom. The predicted molar refractivity (Wildman–Crippen MR) is 139 cm³/mol. The number of benzene rings is 3. The normalized spacial score (nSPS) is 14.3. The van der Waals surface area contributed by atoms with Crippen LogP contribution in [0.5, 0.6) is 11.6 Å². The zero-order chi connectivity index (χ0) is 24.2. The fourth-order valence-corrected chi connectivity index (χ4v) is 4.57. The maximum atomic E-state index is 10.9. The first-order valence-corrected chi connectivity index (χ1v) is 12.4. The first-order chi connectivity index (χ1) is 17.1. The van der Waals surface area contributed by atoms with Crippen molar-refractivity contribution in [1.82, 2.24) is 14.7 Å². The molecule has 1 atom stereocenters. The van der Waals surface area contributed by atoms with Crippen molar-refractivity contribution in [3.05, 3.63) is 107 Å². The van der Waals surface area contributed by atoms with E-state index in [0.717, 1.165) is 52.5 Å². The van der Waals surface area contributed by atoms with Crippen LogP contribution in [0.25, 0.3) is 5.69 Å². The lowest BCUT2D eigenvalue weighted by molar-refractivity contribution is 0.103. The number of aliphatic hydroxyl groups is 1. The maximum absolute atomic E-state index is 10.9. The molecule has 0 saturated heterocycles. The van der Waals surface area contributed by atoms with Crippen molar-refractivity contribution in [3.8, 4) is 17.3 Å². The Hall–Kier alpha value is -3.41. The Balaban J connectivity index is 1.44. The first-order valence-electron chi connectivity index (χ1n) is 12.4. The summed E-state index contributed by atoms with van der Waals surface area (Å²) in [5.41, 5.74) is 5.28. The number of hydrogen-bond donors (Lipinski definition) is 1. The lowest BCUT2D eigenvalue weighted by Gasteiger charge is -2.25. The molecule has 0 radical (unpaired) electrons. The van der Waals surface area contributed by atoms with Crippen LogP contribution < -0.4 is 4.74 Å². The molecule has 1 aliphatic carbocycles. The molecule has 0 unspecified atom stereocenters. The van der Waals surface area contributed by atoms with Gasteiger partial charge >= 0.3 is 0 Å². The maximum Gasteiger partial charge on any atom is 0.227 e. The highest BCUT2D eigenvalue weighted by molar-refractivity contribution is 5.44. The highest BCUT2D eigenvalue weighted by Gasteiger charge is 2.32. The third-order valence-corrected chi connectivity index (χ3v) is 6.53. The van der Waals surface area contributed by atoms with Crippen molar-refractivity contribution >= 4 is 0 Å². The highest BCUT2D eigenvalue weighted by atomic mass is 16.5. The van der Waals surface area contributed by atoms with Gasteiger partial charge in [0.2, 0.25) is 5.88 Å². The molecule has 1 N–H and O–H groups in total. The van der Waals surface area contributed by atoms with Gasteiger partial charge in [-0.1, -0.05) is 60.7 Å². The van der Waals surface area contributed by atoms with Crippen LogP contribution >= 0.6 is 0 Å². The van der Waals surface area contributed by atoms with E-state index in [9.17, 15) is 5.11 Å². The Labute approximate surface area is 207 Å². The number of aryl methyl sites for hydroxylation is 2. The molecular weight excluding hydrogens is 434 g/mol. The van der Waals surface area contributed by atoms with E-state index >= 15 is 0 Å². The van der Waals surface area contributed by atoms with Crippen molar-refractivity contribution < 1.29 is 9.84 Å². The average molecular weight is 468 g/mol. The van der Waals surface area contributed by atoms with Gasteiger partial charge in [0, 0.05) is 19.1 Å². The van der Waals surface area contributed by atoms with Gasteiger partial charge in [0.15, 0.2) is 0 Å². The molecule has 3 aromatic carbocycles. The monoisotopic (exact) mass is 467 g/mol. The Morgan fingerprint density at radius 3 is 2.37 bits per heavy atom. The molecule has 1 saturated carbocycles. The number of rotatable bonds is 10. The van der Waals surface area contributed by atoms with E-state index in [4.69, 9.17) is 9.84 Å². The molecule has 1 heterocycles. The molecule has 0 bridgehead atoms. The van der Waals surface area contributed by atoms with Gasteiger partial charge in [0.05, 0.1) is 23.0 Å². The quantitative estimate of drug-likeness (QED) is 0.318. The summed E-state index contributed by atoms with van der Waals surface area (Å²) in [4.78, 5) is 2.40. The molecule has 1 fully saturated rings. The van der Waals surface area contributed by atoms with Crippen molar-refractivity contribution in [2.24, 2.45) is 0 Å². The van der Waals surface area contributed by atoms with Crippen molar-refractivity contribution in [1.29, 1.82) is 0 Å². The van der Waals surface area contributed by atoms with Crippen LogP contribution in [0, 0.1) is 13.8 Å². The van der Waals surface area contributed by atoms with Gasteiger partial charge in [-0.2, -0.15) is 5.10 Å². The number of hydrogen-bond acceptors (Lipinski definition) is 4. The fourth-order valence-electron chi connectivity index (χ4n) is 4.57. The van der Waals surface area contributed by atoms with Crippen molar-refractivity contribution in [2.75, 3.05) is 6.54 Å². The van der Waals surface area contributed by atoms with Crippen LogP contribution in [0.2, 0.25) is 0 Å². The van der Waals surface area contributed by atoms with Gasteiger partial charge in [-0.05, 0) is 68.5 Å². The molecule has 0 aliphatic heterocycles. The van der Waals surface area contributed by atoms with Crippen LogP contribution in [-0.4, -0.2) is 38.5 Å². The molecule has 5 heteroatoms. The Bertz CT molecular complexity index is 1250. The van der Waals surface area contributed by atoms with Crippen LogP contribution in [0.4, 0.5) is 0 Å². The average Bonchev–Trinajstić information content (AvgIpc) is 3.66. The van der Waals surface area contributed by atoms with E-state index in [1.54, 1.807) is 0 Å². The molecule has 0 amide bonds. The third-order valence-electron chi connectivity index (χ3n) is 6.53. The van der Waals surface area contributed by atoms with Crippen molar-refractivity contribution in [3.63, 3.8) is 0 Å². The summed E-state index contributed by atoms with van der Waals surface area (Å²) in [5, 5.41) is 15.8. The van der Waals surface area contributed by atoms with E-state index in [-0.39, 0.29) is 0 Å². The summed E-state index contributed by atoms with van der Waals surface area (Å²) < 4.78 is 8.41. The number of ether oxygens (including phenoxy) is 1. The van der Waals surface area contributed by atoms with Gasteiger partial charge in [-0.3, -0.25) is 4.90 Å². The third kappa shape index (κ3) is 5.81. The number of aromatic nitrogens is 2. The smallest absolute Gasteiger partial charge is 0.227 e. The minimum Gasteiger partial charge on any atom is -0.439 e. The van der Waals surface area contributed by atoms with Gasteiger partial charge < -0.3 is 9.84 Å². The van der Waals surface area contributed by atoms with Gasteiger partial charge in [-0.25, -0.2) is 4.68 Å². The zero-order valence-corrected chi connectivity index (χ0v) is 20.5. The molecule has 0 spiro atoms. The summed E-state index contributed by atoms with van der Waals surface area (Å²) in [6.07, 6.45) is 2.55.